The number of rotatable bonds is 2. The van der Waals surface area contributed by atoms with E-state index >= 15 is 0 Å². The predicted molar refractivity (Wildman–Crippen MR) is 69.9 cm³/mol. The smallest absolute Gasteiger partial charge is 0.231 e. The van der Waals surface area contributed by atoms with Crippen molar-refractivity contribution in [1.82, 2.24) is 5.32 Å². The van der Waals surface area contributed by atoms with E-state index in [1.807, 2.05) is 25.2 Å². The molecule has 2 N–H and O–H groups in total. The summed E-state index contributed by atoms with van der Waals surface area (Å²) in [5, 5.41) is 6.35. The van der Waals surface area contributed by atoms with Crippen LogP contribution in [0.25, 0.3) is 0 Å². The van der Waals surface area contributed by atoms with Gasteiger partial charge in [-0.25, -0.2) is 0 Å². The zero-order chi connectivity index (χ0) is 12.5. The van der Waals surface area contributed by atoms with Gasteiger partial charge in [0.2, 0.25) is 5.91 Å². The van der Waals surface area contributed by atoms with Gasteiger partial charge in [0, 0.05) is 19.3 Å². The third kappa shape index (κ3) is 1.90. The highest BCUT2D eigenvalue weighted by Gasteiger charge is 2.26. The molecule has 5 nitrogen and oxygen atoms in total. The molecule has 5 heteroatoms. The second kappa shape index (κ2) is 4.49. The van der Waals surface area contributed by atoms with Crippen LogP contribution < -0.4 is 20.3 Å². The molecule has 0 spiro atoms. The van der Waals surface area contributed by atoms with Gasteiger partial charge >= 0.3 is 0 Å². The van der Waals surface area contributed by atoms with Crippen LogP contribution in [0.1, 0.15) is 6.42 Å². The van der Waals surface area contributed by atoms with Crippen molar-refractivity contribution in [2.45, 2.75) is 6.42 Å². The highest BCUT2D eigenvalue weighted by molar-refractivity contribution is 5.95. The topological polar surface area (TPSA) is 53.6 Å². The second-order valence-corrected chi connectivity index (χ2v) is 4.73. The number of fused-ring (bicyclic) bond motifs is 1. The maximum atomic E-state index is 12.3. The van der Waals surface area contributed by atoms with Gasteiger partial charge in [0.05, 0.1) is 11.6 Å². The van der Waals surface area contributed by atoms with Crippen LogP contribution in [0.2, 0.25) is 0 Å². The van der Waals surface area contributed by atoms with Crippen molar-refractivity contribution in [3.05, 3.63) is 18.2 Å². The lowest BCUT2D eigenvalue weighted by Gasteiger charge is -2.21. The van der Waals surface area contributed by atoms with E-state index in [1.165, 1.54) is 0 Å². The standard InChI is InChI=1S/C13H17N3O2/c1-16(13(17)9-4-5-14-7-9)10-2-3-12-11(6-10)15-8-18-12/h2-3,6,9,14-15H,4-5,7-8H2,1H3. The molecule has 1 saturated heterocycles. The van der Waals surface area contributed by atoms with Gasteiger partial charge in [0.15, 0.2) is 6.73 Å². The van der Waals surface area contributed by atoms with Gasteiger partial charge in [-0.05, 0) is 31.2 Å². The van der Waals surface area contributed by atoms with Crippen LogP contribution in [0.5, 0.6) is 5.75 Å². The molecule has 96 valence electrons. The minimum atomic E-state index is 0.104. The summed E-state index contributed by atoms with van der Waals surface area (Å²) in [6, 6.07) is 5.79. The van der Waals surface area contributed by atoms with E-state index in [-0.39, 0.29) is 11.8 Å². The molecule has 2 aliphatic heterocycles. The fraction of sp³-hybridized carbons (Fsp3) is 0.462. The van der Waals surface area contributed by atoms with Crippen molar-refractivity contribution in [3.63, 3.8) is 0 Å². The molecule has 1 aromatic rings. The van der Waals surface area contributed by atoms with Crippen LogP contribution in [0.3, 0.4) is 0 Å². The van der Waals surface area contributed by atoms with Gasteiger partial charge in [-0.15, -0.1) is 0 Å². The molecule has 3 rings (SSSR count). The number of carbonyl (C=O) groups is 1. The minimum absolute atomic E-state index is 0.104. The molecule has 1 fully saturated rings. The predicted octanol–water partition coefficient (Wildman–Crippen LogP) is 1.02. The molecule has 2 heterocycles. The van der Waals surface area contributed by atoms with E-state index in [0.29, 0.717) is 6.73 Å². The lowest BCUT2D eigenvalue weighted by atomic mass is 10.1. The van der Waals surface area contributed by atoms with Crippen molar-refractivity contribution in [2.24, 2.45) is 5.92 Å². The number of nitrogens with one attached hydrogen (secondary N) is 2. The largest absolute Gasteiger partial charge is 0.471 e. The Bertz CT molecular complexity index is 469. The van der Waals surface area contributed by atoms with Crippen molar-refractivity contribution < 1.29 is 9.53 Å². The van der Waals surface area contributed by atoms with Crippen LogP contribution in [0, 0.1) is 5.92 Å². The zero-order valence-corrected chi connectivity index (χ0v) is 10.4. The van der Waals surface area contributed by atoms with Crippen molar-refractivity contribution in [3.8, 4) is 5.75 Å². The zero-order valence-electron chi connectivity index (χ0n) is 10.4. The fourth-order valence-corrected chi connectivity index (χ4v) is 2.45. The normalized spacial score (nSPS) is 21.1. The van der Waals surface area contributed by atoms with E-state index in [1.54, 1.807) is 4.90 Å². The maximum Gasteiger partial charge on any atom is 0.231 e. The third-order valence-corrected chi connectivity index (χ3v) is 3.58. The minimum Gasteiger partial charge on any atom is -0.471 e. The molecule has 0 aliphatic carbocycles. The van der Waals surface area contributed by atoms with Gasteiger partial charge in [-0.2, -0.15) is 0 Å². The van der Waals surface area contributed by atoms with Crippen molar-refractivity contribution in [1.29, 1.82) is 0 Å². The lowest BCUT2D eigenvalue weighted by molar-refractivity contribution is -0.121. The Balaban J connectivity index is 1.79. The summed E-state index contributed by atoms with van der Waals surface area (Å²) < 4.78 is 5.37. The number of nitrogens with zero attached hydrogens (tertiary/aromatic N) is 1. The highest BCUT2D eigenvalue weighted by atomic mass is 16.5. The first kappa shape index (κ1) is 11.3. The van der Waals surface area contributed by atoms with E-state index in [4.69, 9.17) is 4.74 Å². The number of benzene rings is 1. The summed E-state index contributed by atoms with van der Waals surface area (Å²) in [4.78, 5) is 14.0. The molecule has 18 heavy (non-hydrogen) atoms. The van der Waals surface area contributed by atoms with E-state index in [9.17, 15) is 4.79 Å². The molecule has 0 radical (unpaired) electrons. The van der Waals surface area contributed by atoms with Gasteiger partial charge in [-0.3, -0.25) is 4.79 Å². The van der Waals surface area contributed by atoms with Gasteiger partial charge in [0.1, 0.15) is 5.75 Å². The van der Waals surface area contributed by atoms with Crippen LogP contribution in [0.4, 0.5) is 11.4 Å². The molecular formula is C13H17N3O2. The van der Waals surface area contributed by atoms with Crippen molar-refractivity contribution >= 4 is 17.3 Å². The molecule has 1 amide bonds. The van der Waals surface area contributed by atoms with Crippen LogP contribution >= 0.6 is 0 Å². The van der Waals surface area contributed by atoms with Gasteiger partial charge < -0.3 is 20.3 Å². The Morgan fingerprint density at radius 2 is 2.39 bits per heavy atom. The molecule has 2 aliphatic rings. The van der Waals surface area contributed by atoms with E-state index < -0.39 is 0 Å². The molecule has 1 atom stereocenters. The fourth-order valence-electron chi connectivity index (χ4n) is 2.45. The Morgan fingerprint density at radius 1 is 1.50 bits per heavy atom. The summed E-state index contributed by atoms with van der Waals surface area (Å²) in [6.07, 6.45) is 0.926. The number of hydrogen-bond acceptors (Lipinski definition) is 4. The molecule has 1 unspecified atom stereocenters. The number of ether oxygens (including phenoxy) is 1. The van der Waals surface area contributed by atoms with Gasteiger partial charge in [-0.1, -0.05) is 0 Å². The van der Waals surface area contributed by atoms with Gasteiger partial charge in [0.25, 0.3) is 0 Å². The van der Waals surface area contributed by atoms with Crippen LogP contribution in [-0.2, 0) is 4.79 Å². The Hall–Kier alpha value is -1.75. The molecule has 1 aromatic carbocycles. The number of carbonyl (C=O) groups excluding carboxylic acids is 1. The summed E-state index contributed by atoms with van der Waals surface area (Å²) in [5.74, 6) is 1.13. The Kier molecular flexibility index (Phi) is 2.83. The number of hydrogen-bond donors (Lipinski definition) is 2. The average molecular weight is 247 g/mol. The number of amides is 1. The maximum absolute atomic E-state index is 12.3. The Labute approximate surface area is 106 Å². The second-order valence-electron chi connectivity index (χ2n) is 4.73. The van der Waals surface area contributed by atoms with E-state index in [0.717, 1.165) is 36.6 Å². The molecule has 0 bridgehead atoms. The number of anilines is 2. The first-order chi connectivity index (χ1) is 8.75. The van der Waals surface area contributed by atoms with Crippen molar-refractivity contribution in [2.75, 3.05) is 37.1 Å². The average Bonchev–Trinajstić information content (AvgIpc) is 3.06. The van der Waals surface area contributed by atoms with Crippen LogP contribution in [-0.4, -0.2) is 32.8 Å². The summed E-state index contributed by atoms with van der Waals surface area (Å²) in [6.45, 7) is 2.22. The summed E-state index contributed by atoms with van der Waals surface area (Å²) in [5.41, 5.74) is 1.86. The first-order valence-corrected chi connectivity index (χ1v) is 6.25. The molecule has 0 saturated carbocycles. The summed E-state index contributed by atoms with van der Waals surface area (Å²) >= 11 is 0. The highest BCUT2D eigenvalue weighted by Crippen LogP contribution is 2.33. The monoisotopic (exact) mass is 247 g/mol. The summed E-state index contributed by atoms with van der Waals surface area (Å²) in [7, 11) is 1.83. The van der Waals surface area contributed by atoms with Crippen LogP contribution in [0.15, 0.2) is 18.2 Å². The lowest BCUT2D eigenvalue weighted by Crippen LogP contribution is -2.33. The third-order valence-electron chi connectivity index (χ3n) is 3.58. The van der Waals surface area contributed by atoms with E-state index in [2.05, 4.69) is 10.6 Å². The Morgan fingerprint density at radius 3 is 3.17 bits per heavy atom. The first-order valence-electron chi connectivity index (χ1n) is 6.25. The molecular weight excluding hydrogens is 230 g/mol. The molecule has 0 aromatic heterocycles. The quantitative estimate of drug-likeness (QED) is 0.819. The SMILES string of the molecule is CN(C(=O)C1CCNC1)c1ccc2c(c1)NCO2.